The largest absolute Gasteiger partial charge is 1.00 e. The minimum Gasteiger partial charge on any atom is -0.858 e. The minimum atomic E-state index is -4.38. The van der Waals surface area contributed by atoms with E-state index in [2.05, 4.69) is 10.2 Å². The average molecular weight is 765 g/mol. The topological polar surface area (TPSA) is 244 Å². The molecule has 0 unspecified atom stereocenters. The van der Waals surface area contributed by atoms with Crippen LogP contribution in [0, 0.1) is 0 Å². The summed E-state index contributed by atoms with van der Waals surface area (Å²) < 4.78 is 75.8. The summed E-state index contributed by atoms with van der Waals surface area (Å²) in [5.41, 5.74) is 1.72. The molecule has 0 fully saturated rings. The van der Waals surface area contributed by atoms with Crippen LogP contribution in [0.15, 0.2) is 71.4 Å². The number of allylic oxidation sites excluding steroid dienone is 2. The third-order valence-corrected chi connectivity index (χ3v) is 8.46. The molecule has 0 atom stereocenters. The summed E-state index contributed by atoms with van der Waals surface area (Å²) in [6.45, 7) is -0.903. The molecule has 2 heterocycles. The van der Waals surface area contributed by atoms with Gasteiger partial charge in [-0.1, -0.05) is 36.4 Å². The van der Waals surface area contributed by atoms with Crippen molar-refractivity contribution < 1.29 is 115 Å². The molecular formula is C31H34N4Na2O12S2. The molecule has 51 heavy (non-hydrogen) atoms. The normalized spacial score (nSPS) is 14.0. The number of aliphatic hydroxyl groups excluding tert-OH is 2. The predicted molar refractivity (Wildman–Crippen MR) is 174 cm³/mol. The number of benzene rings is 2. The third kappa shape index (κ3) is 13.4. The van der Waals surface area contributed by atoms with Crippen molar-refractivity contribution >= 4 is 37.9 Å². The first-order chi connectivity index (χ1) is 23.3. The van der Waals surface area contributed by atoms with Gasteiger partial charge >= 0.3 is 59.1 Å². The van der Waals surface area contributed by atoms with Crippen molar-refractivity contribution in [1.82, 2.24) is 14.8 Å². The molecule has 3 N–H and O–H groups in total. The van der Waals surface area contributed by atoms with Gasteiger partial charge in [0.05, 0.1) is 66.7 Å². The molecule has 16 nitrogen and oxygen atoms in total. The molecule has 2 aromatic carbocycles. The quantitative estimate of drug-likeness (QED) is 0.0475. The minimum absolute atomic E-state index is 0. The van der Waals surface area contributed by atoms with Crippen LogP contribution in [0.3, 0.4) is 0 Å². The van der Waals surface area contributed by atoms with Gasteiger partial charge in [-0.15, -0.1) is 0 Å². The molecule has 3 aromatic rings. The monoisotopic (exact) mass is 764 g/mol. The van der Waals surface area contributed by atoms with Crippen LogP contribution in [-0.4, -0.2) is 107 Å². The van der Waals surface area contributed by atoms with Crippen LogP contribution in [-0.2, 0) is 31.6 Å². The molecule has 1 amide bonds. The Morgan fingerprint density at radius 2 is 1.45 bits per heavy atom. The van der Waals surface area contributed by atoms with Gasteiger partial charge in [-0.05, 0) is 49.1 Å². The van der Waals surface area contributed by atoms with Crippen LogP contribution in [0.5, 0.6) is 17.4 Å². The van der Waals surface area contributed by atoms with E-state index in [0.717, 1.165) is 9.69 Å². The van der Waals surface area contributed by atoms with Gasteiger partial charge in [-0.25, -0.2) is 13.4 Å². The van der Waals surface area contributed by atoms with Crippen LogP contribution < -0.4 is 73.7 Å². The van der Waals surface area contributed by atoms with Gasteiger partial charge in [0.25, 0.3) is 16.0 Å². The number of rotatable bonds is 18. The van der Waals surface area contributed by atoms with Crippen molar-refractivity contribution in [3.05, 3.63) is 77.4 Å². The maximum atomic E-state index is 13.3. The zero-order chi connectivity index (χ0) is 35.6. The summed E-state index contributed by atoms with van der Waals surface area (Å²) in [4.78, 5) is 13.3. The number of carbonyl (C=O) groups excluding carboxylic acids is 1. The Morgan fingerprint density at radius 3 is 2.04 bits per heavy atom. The van der Waals surface area contributed by atoms with Crippen LogP contribution in [0.2, 0.25) is 0 Å². The second-order valence-electron chi connectivity index (χ2n) is 10.6. The van der Waals surface area contributed by atoms with Crippen LogP contribution >= 0.6 is 0 Å². The number of hydrazone groups is 1. The maximum Gasteiger partial charge on any atom is 1.00 e. The zero-order valence-electron chi connectivity index (χ0n) is 28.0. The number of hydrogen-bond donors (Lipinski definition) is 3. The Hall–Kier alpha value is -2.59. The maximum absolute atomic E-state index is 13.3. The van der Waals surface area contributed by atoms with Crippen LogP contribution in [0.25, 0.3) is 17.3 Å². The Morgan fingerprint density at radius 1 is 0.863 bits per heavy atom. The fraction of sp³-hybridized carbons (Fsp3) is 0.323. The first-order valence-corrected chi connectivity index (χ1v) is 18.1. The smallest absolute Gasteiger partial charge is 0.858 e. The molecule has 0 spiro atoms. The van der Waals surface area contributed by atoms with E-state index in [0.29, 0.717) is 22.6 Å². The number of nitrogens with zero attached hydrogens (tertiary/aromatic N) is 4. The summed E-state index contributed by atoms with van der Waals surface area (Å²) >= 11 is 0. The van der Waals surface area contributed by atoms with E-state index < -0.39 is 43.5 Å². The Labute approximate surface area is 339 Å². The van der Waals surface area contributed by atoms with Gasteiger partial charge in [0.2, 0.25) is 0 Å². The average Bonchev–Trinajstić information content (AvgIpc) is 3.52. The second-order valence-corrected chi connectivity index (χ2v) is 13.7. The molecule has 264 valence electrons. The first-order valence-electron chi connectivity index (χ1n) is 14.9. The zero-order valence-corrected chi connectivity index (χ0v) is 33.7. The van der Waals surface area contributed by atoms with E-state index in [1.807, 2.05) is 0 Å². The molecule has 0 saturated carbocycles. The summed E-state index contributed by atoms with van der Waals surface area (Å²) in [6, 6.07) is 13.1. The number of aromatic nitrogens is 2. The van der Waals surface area contributed by atoms with Crippen molar-refractivity contribution in [2.24, 2.45) is 5.10 Å². The van der Waals surface area contributed by atoms with Crippen molar-refractivity contribution in [1.29, 1.82) is 0 Å². The molecule has 4 rings (SSSR count). The van der Waals surface area contributed by atoms with Gasteiger partial charge in [0.1, 0.15) is 17.2 Å². The molecule has 0 bridgehead atoms. The van der Waals surface area contributed by atoms with Crippen molar-refractivity contribution in [3.8, 4) is 28.6 Å². The van der Waals surface area contributed by atoms with E-state index in [9.17, 15) is 41.5 Å². The Bertz CT molecular complexity index is 1970. The second kappa shape index (κ2) is 20.6. The van der Waals surface area contributed by atoms with Crippen molar-refractivity contribution in [2.45, 2.75) is 19.4 Å². The van der Waals surface area contributed by atoms with Crippen molar-refractivity contribution in [2.75, 3.05) is 44.5 Å². The number of amides is 1. The Balaban J connectivity index is 0.00000451. The molecule has 1 aliphatic heterocycles. The molecule has 0 radical (unpaired) electrons. The van der Waals surface area contributed by atoms with E-state index in [4.69, 9.17) is 14.0 Å². The van der Waals surface area contributed by atoms with Gasteiger partial charge in [-0.3, -0.25) is 14.0 Å². The van der Waals surface area contributed by atoms with Crippen LogP contribution in [0.4, 0.5) is 0 Å². The number of carbonyl (C=O) groups is 1. The SMILES string of the molecule is O=C1/C(=C\C=C\c2c(-c3cccc(OCCCS(=O)(=O)[O-])c3)nn(CCO)c2[O-])C(c2cccc(OCCCS(=O)(=O)O)c2)=NN1CCO.[Na+].[Na+]. The summed E-state index contributed by atoms with van der Waals surface area (Å²) in [7, 11) is -8.51. The van der Waals surface area contributed by atoms with E-state index in [1.165, 1.54) is 18.2 Å². The molecule has 20 heteroatoms. The number of aliphatic hydroxyl groups is 2. The molecule has 1 aromatic heterocycles. The molecule has 0 aliphatic carbocycles. The first kappa shape index (κ1) is 44.6. The number of ether oxygens (including phenoxy) is 2. The predicted octanol–water partition coefficient (Wildman–Crippen LogP) is -5.23. The summed E-state index contributed by atoms with van der Waals surface area (Å²) in [6.07, 6.45) is 4.41. The van der Waals surface area contributed by atoms with E-state index in [-0.39, 0.29) is 134 Å². The fourth-order valence-corrected chi connectivity index (χ4v) is 5.66. The van der Waals surface area contributed by atoms with E-state index >= 15 is 0 Å². The number of β-amino-alcohol motifs (C(OH)–C–C–N with tert-alkyl or cyclic N) is 1. The summed E-state index contributed by atoms with van der Waals surface area (Å²) in [5.74, 6) is -1.37. The Kier molecular flexibility index (Phi) is 18.0. The van der Waals surface area contributed by atoms with Crippen LogP contribution in [0.1, 0.15) is 24.0 Å². The van der Waals surface area contributed by atoms with Gasteiger partial charge in [0, 0.05) is 22.4 Å². The van der Waals surface area contributed by atoms with Gasteiger partial charge in [-0.2, -0.15) is 18.6 Å². The fourth-order valence-electron chi connectivity index (χ4n) is 4.70. The van der Waals surface area contributed by atoms with Gasteiger partial charge in [0.15, 0.2) is 0 Å². The van der Waals surface area contributed by atoms with Crippen molar-refractivity contribution in [3.63, 3.8) is 0 Å². The molecular weight excluding hydrogens is 730 g/mol. The van der Waals surface area contributed by atoms with E-state index in [1.54, 1.807) is 48.5 Å². The number of hydrogen-bond acceptors (Lipinski definition) is 13. The summed E-state index contributed by atoms with van der Waals surface area (Å²) in [5, 5.41) is 42.1. The standard InChI is InChI=1S/C31H36N4O12S2.2Na/c36-14-12-34-30(38)26(28(32-34)22-6-1-8-24(20-22)46-16-4-18-48(40,41)42)10-3-11-27-29(33-35(13-15-37)31(27)39)23-7-2-9-25(21-23)47-17-5-19-49(43,44)45;;/h1-3,6-11,20-21,36-38H,4-5,12-19H2,(H,40,41,42)(H,43,44,45);;/q;2*+1/p-2/b10-3+,27-11-;;. The third-order valence-electron chi connectivity index (χ3n) is 6.87. The van der Waals surface area contributed by atoms with Gasteiger partial charge < -0.3 is 29.3 Å². The molecule has 0 saturated heterocycles. The molecule has 1 aliphatic rings.